The highest BCUT2D eigenvalue weighted by Gasteiger charge is 2.40. The Morgan fingerprint density at radius 3 is 2.09 bits per heavy atom. The Hall–Kier alpha value is -3.86. The van der Waals surface area contributed by atoms with Gasteiger partial charge in [0.2, 0.25) is 0 Å². The third kappa shape index (κ3) is 3.89. The fraction of sp³-hybridized carbons (Fsp3) is 0.185. The summed E-state index contributed by atoms with van der Waals surface area (Å²) in [6.45, 7) is 6.17. The maximum atomic E-state index is 13.6. The topological polar surface area (TPSA) is 58.6 Å². The quantitative estimate of drug-likeness (QED) is 0.527. The molecule has 0 aromatic heterocycles. The molecule has 5 nitrogen and oxygen atoms in total. The van der Waals surface area contributed by atoms with E-state index in [1.165, 1.54) is 4.90 Å². The lowest BCUT2D eigenvalue weighted by molar-refractivity contribution is -0.120. The number of benzene rings is 3. The second kappa shape index (κ2) is 8.71. The molecule has 32 heavy (non-hydrogen) atoms. The van der Waals surface area contributed by atoms with Crippen LogP contribution in [0.1, 0.15) is 36.5 Å². The average Bonchev–Trinajstić information content (AvgIpc) is 3.04. The zero-order valence-electron chi connectivity index (χ0n) is 18.7. The molecule has 0 bridgehead atoms. The number of ether oxygens (including phenoxy) is 1. The lowest BCUT2D eigenvalue weighted by atomic mass is 10.0. The summed E-state index contributed by atoms with van der Waals surface area (Å²) in [4.78, 5) is 28.3. The summed E-state index contributed by atoms with van der Waals surface area (Å²) < 4.78 is 5.24. The Morgan fingerprint density at radius 2 is 1.50 bits per heavy atom. The molecule has 4 rings (SSSR count). The third-order valence-electron chi connectivity index (χ3n) is 5.69. The first-order valence-electron chi connectivity index (χ1n) is 10.6. The first-order chi connectivity index (χ1) is 15.4. The van der Waals surface area contributed by atoms with Gasteiger partial charge in [-0.3, -0.25) is 9.59 Å². The van der Waals surface area contributed by atoms with Gasteiger partial charge in [0.05, 0.1) is 18.4 Å². The van der Waals surface area contributed by atoms with Crippen LogP contribution in [0.2, 0.25) is 0 Å². The first-order valence-corrected chi connectivity index (χ1v) is 10.6. The molecule has 0 spiro atoms. The van der Waals surface area contributed by atoms with Crippen LogP contribution < -0.4 is 15.0 Å². The minimum absolute atomic E-state index is 0.266. The lowest BCUT2D eigenvalue weighted by Crippen LogP contribution is -2.32. The van der Waals surface area contributed by atoms with Gasteiger partial charge in [0.25, 0.3) is 11.8 Å². The van der Waals surface area contributed by atoms with Crippen molar-refractivity contribution in [2.45, 2.75) is 26.7 Å². The predicted octanol–water partition coefficient (Wildman–Crippen LogP) is 5.52. The number of rotatable bonds is 6. The number of hydrogen-bond donors (Lipinski definition) is 1. The van der Waals surface area contributed by atoms with Crippen molar-refractivity contribution in [3.8, 4) is 5.75 Å². The van der Waals surface area contributed by atoms with Crippen molar-refractivity contribution in [3.63, 3.8) is 0 Å². The van der Waals surface area contributed by atoms with Crippen LogP contribution in [-0.4, -0.2) is 18.9 Å². The maximum absolute atomic E-state index is 13.6. The van der Waals surface area contributed by atoms with E-state index in [1.54, 1.807) is 31.4 Å². The van der Waals surface area contributed by atoms with E-state index in [9.17, 15) is 9.59 Å². The van der Waals surface area contributed by atoms with Crippen LogP contribution in [0.4, 0.5) is 11.4 Å². The standard InChI is InChI=1S/C27H26N2O3/c1-17(2)19-9-13-21(14-10-19)29-26(30)24(20-11-15-22(32-4)16-12-20)25(27(29)31)28-23-8-6-5-7-18(23)3/h5-17,28H,1-4H3. The summed E-state index contributed by atoms with van der Waals surface area (Å²) >= 11 is 0. The largest absolute Gasteiger partial charge is 0.497 e. The molecule has 2 amide bonds. The Labute approximate surface area is 188 Å². The number of carbonyl (C=O) groups excluding carboxylic acids is 2. The van der Waals surface area contributed by atoms with E-state index in [2.05, 4.69) is 19.2 Å². The van der Waals surface area contributed by atoms with E-state index in [0.717, 1.165) is 16.8 Å². The van der Waals surface area contributed by atoms with Gasteiger partial charge >= 0.3 is 0 Å². The monoisotopic (exact) mass is 426 g/mol. The lowest BCUT2D eigenvalue weighted by Gasteiger charge is -2.17. The van der Waals surface area contributed by atoms with E-state index < -0.39 is 0 Å². The van der Waals surface area contributed by atoms with E-state index in [1.807, 2.05) is 55.5 Å². The zero-order chi connectivity index (χ0) is 22.8. The van der Waals surface area contributed by atoms with Crippen molar-refractivity contribution in [1.82, 2.24) is 0 Å². The van der Waals surface area contributed by atoms with Gasteiger partial charge in [-0.25, -0.2) is 4.90 Å². The summed E-state index contributed by atoms with van der Waals surface area (Å²) in [5.74, 6) is 0.316. The minimum Gasteiger partial charge on any atom is -0.497 e. The molecule has 3 aromatic carbocycles. The van der Waals surface area contributed by atoms with Gasteiger partial charge in [-0.1, -0.05) is 56.3 Å². The highest BCUT2D eigenvalue weighted by Crippen LogP contribution is 2.35. The molecule has 0 atom stereocenters. The van der Waals surface area contributed by atoms with E-state index in [4.69, 9.17) is 4.74 Å². The highest BCUT2D eigenvalue weighted by molar-refractivity contribution is 6.46. The highest BCUT2D eigenvalue weighted by atomic mass is 16.5. The third-order valence-corrected chi connectivity index (χ3v) is 5.69. The molecule has 0 radical (unpaired) electrons. The molecule has 1 heterocycles. The van der Waals surface area contributed by atoms with E-state index in [-0.39, 0.29) is 17.5 Å². The molecule has 5 heteroatoms. The van der Waals surface area contributed by atoms with Crippen molar-refractivity contribution in [3.05, 3.63) is 95.2 Å². The van der Waals surface area contributed by atoms with Crippen LogP contribution in [0.3, 0.4) is 0 Å². The van der Waals surface area contributed by atoms with Gasteiger partial charge in [-0.15, -0.1) is 0 Å². The number of imide groups is 1. The maximum Gasteiger partial charge on any atom is 0.282 e. The van der Waals surface area contributed by atoms with Gasteiger partial charge in [-0.05, 0) is 59.9 Å². The molecular formula is C27H26N2O3. The number of nitrogens with one attached hydrogen (secondary N) is 1. The van der Waals surface area contributed by atoms with Crippen molar-refractivity contribution < 1.29 is 14.3 Å². The molecular weight excluding hydrogens is 400 g/mol. The Bertz CT molecular complexity index is 1190. The van der Waals surface area contributed by atoms with Crippen LogP contribution in [-0.2, 0) is 9.59 Å². The van der Waals surface area contributed by atoms with Crippen LogP contribution in [0.25, 0.3) is 5.57 Å². The number of carbonyl (C=O) groups is 2. The zero-order valence-corrected chi connectivity index (χ0v) is 18.7. The number of para-hydroxylation sites is 1. The second-order valence-corrected chi connectivity index (χ2v) is 8.11. The first kappa shape index (κ1) is 21.4. The summed E-state index contributed by atoms with van der Waals surface area (Å²) in [7, 11) is 1.59. The number of anilines is 2. The molecule has 1 aliphatic heterocycles. The van der Waals surface area contributed by atoms with Crippen molar-refractivity contribution >= 4 is 28.8 Å². The molecule has 1 aliphatic rings. The molecule has 0 saturated heterocycles. The van der Waals surface area contributed by atoms with Crippen LogP contribution in [0, 0.1) is 6.92 Å². The van der Waals surface area contributed by atoms with Gasteiger partial charge in [0.1, 0.15) is 11.4 Å². The fourth-order valence-electron chi connectivity index (χ4n) is 3.76. The van der Waals surface area contributed by atoms with Crippen LogP contribution >= 0.6 is 0 Å². The van der Waals surface area contributed by atoms with E-state index >= 15 is 0 Å². The predicted molar refractivity (Wildman–Crippen MR) is 128 cm³/mol. The molecule has 162 valence electrons. The number of hydrogen-bond acceptors (Lipinski definition) is 4. The fourth-order valence-corrected chi connectivity index (χ4v) is 3.76. The second-order valence-electron chi connectivity index (χ2n) is 8.11. The van der Waals surface area contributed by atoms with E-state index in [0.29, 0.717) is 28.5 Å². The molecule has 1 N–H and O–H groups in total. The Morgan fingerprint density at radius 1 is 0.844 bits per heavy atom. The summed E-state index contributed by atoms with van der Waals surface area (Å²) in [5, 5.41) is 3.23. The molecule has 0 fully saturated rings. The smallest absolute Gasteiger partial charge is 0.282 e. The van der Waals surface area contributed by atoms with Crippen molar-refractivity contribution in [1.29, 1.82) is 0 Å². The Balaban J connectivity index is 1.79. The van der Waals surface area contributed by atoms with Gasteiger partial charge in [0.15, 0.2) is 0 Å². The normalized spacial score (nSPS) is 13.8. The summed E-state index contributed by atoms with van der Waals surface area (Å²) in [6, 6.07) is 22.4. The van der Waals surface area contributed by atoms with Gasteiger partial charge < -0.3 is 10.1 Å². The molecule has 0 saturated carbocycles. The summed E-state index contributed by atoms with van der Waals surface area (Å²) in [6.07, 6.45) is 0. The van der Waals surface area contributed by atoms with Crippen LogP contribution in [0.15, 0.2) is 78.5 Å². The number of aryl methyl sites for hydroxylation is 1. The van der Waals surface area contributed by atoms with Crippen LogP contribution in [0.5, 0.6) is 5.75 Å². The number of methoxy groups -OCH3 is 1. The number of nitrogens with zero attached hydrogens (tertiary/aromatic N) is 1. The molecule has 0 unspecified atom stereocenters. The van der Waals surface area contributed by atoms with Crippen molar-refractivity contribution in [2.75, 3.05) is 17.3 Å². The average molecular weight is 427 g/mol. The van der Waals surface area contributed by atoms with Crippen molar-refractivity contribution in [2.24, 2.45) is 0 Å². The molecule has 0 aliphatic carbocycles. The number of amides is 2. The SMILES string of the molecule is COc1ccc(C2=C(Nc3ccccc3C)C(=O)N(c3ccc(C(C)C)cc3)C2=O)cc1. The Kier molecular flexibility index (Phi) is 5.82. The minimum atomic E-state index is -0.374. The summed E-state index contributed by atoms with van der Waals surface area (Å²) in [5.41, 5.74) is 4.73. The van der Waals surface area contributed by atoms with Gasteiger partial charge in [0, 0.05) is 5.69 Å². The van der Waals surface area contributed by atoms with Gasteiger partial charge in [-0.2, -0.15) is 0 Å². The molecule has 3 aromatic rings.